The summed E-state index contributed by atoms with van der Waals surface area (Å²) in [5, 5.41) is 4.19. The van der Waals surface area contributed by atoms with Crippen LogP contribution in [-0.2, 0) is 0 Å². The Morgan fingerprint density at radius 3 is 2.93 bits per heavy atom. The Hall–Kier alpha value is -0.610. The number of aryl methyl sites for hydroxylation is 1. The van der Waals surface area contributed by atoms with Crippen LogP contribution in [0.25, 0.3) is 0 Å². The average Bonchev–Trinajstić information content (AvgIpc) is 2.24. The molecule has 1 rings (SSSR count). The summed E-state index contributed by atoms with van der Waals surface area (Å²) >= 11 is 1.72. The van der Waals surface area contributed by atoms with Crippen LogP contribution in [0.15, 0.2) is 17.4 Å². The lowest BCUT2D eigenvalue weighted by Crippen LogP contribution is -2.27. The Labute approximate surface area is 96.1 Å². The van der Waals surface area contributed by atoms with Crippen molar-refractivity contribution in [3.63, 3.8) is 0 Å². The van der Waals surface area contributed by atoms with Gasteiger partial charge in [-0.2, -0.15) is 0 Å². The van der Waals surface area contributed by atoms with Crippen molar-refractivity contribution in [2.24, 2.45) is 0 Å². The smallest absolute Gasteiger partial charge is 0.187 e. The molecule has 0 aliphatic heterocycles. The van der Waals surface area contributed by atoms with Crippen molar-refractivity contribution in [3.8, 4) is 0 Å². The van der Waals surface area contributed by atoms with E-state index in [2.05, 4.69) is 22.2 Å². The Morgan fingerprint density at radius 2 is 2.33 bits per heavy atom. The van der Waals surface area contributed by atoms with Crippen LogP contribution in [0.2, 0.25) is 0 Å². The summed E-state index contributed by atoms with van der Waals surface area (Å²) in [5.41, 5.74) is 1.03. The van der Waals surface area contributed by atoms with Crippen LogP contribution in [0.3, 0.4) is 0 Å². The normalized spacial score (nSPS) is 12.7. The molecule has 0 saturated carbocycles. The first kappa shape index (κ1) is 12.5. The van der Waals surface area contributed by atoms with E-state index >= 15 is 0 Å². The molecule has 0 bridgehead atoms. The van der Waals surface area contributed by atoms with E-state index in [4.69, 9.17) is 0 Å². The van der Waals surface area contributed by atoms with Crippen LogP contribution < -0.4 is 5.32 Å². The van der Waals surface area contributed by atoms with Gasteiger partial charge in [-0.15, -0.1) is 0 Å². The Morgan fingerprint density at radius 1 is 1.53 bits per heavy atom. The molecule has 0 aliphatic carbocycles. The van der Waals surface area contributed by atoms with Crippen molar-refractivity contribution in [1.82, 2.24) is 15.3 Å². The van der Waals surface area contributed by atoms with Gasteiger partial charge in [0.25, 0.3) is 0 Å². The highest BCUT2D eigenvalue weighted by Crippen LogP contribution is 2.15. The zero-order chi connectivity index (χ0) is 11.1. The number of rotatable bonds is 6. The molecule has 15 heavy (non-hydrogen) atoms. The third kappa shape index (κ3) is 4.62. The van der Waals surface area contributed by atoms with Crippen LogP contribution in [0.5, 0.6) is 0 Å². The summed E-state index contributed by atoms with van der Waals surface area (Å²) in [6.07, 6.45) is 4.23. The van der Waals surface area contributed by atoms with E-state index < -0.39 is 0 Å². The standard InChI is InChI=1S/C11H19N3S/c1-4-5-10(12-3)8-15-11-13-7-6-9(2)14-11/h6-7,10,12H,4-5,8H2,1-3H3. The number of hydrogen-bond donors (Lipinski definition) is 1. The molecule has 1 atom stereocenters. The van der Waals surface area contributed by atoms with Gasteiger partial charge in [-0.3, -0.25) is 0 Å². The minimum absolute atomic E-state index is 0.559. The summed E-state index contributed by atoms with van der Waals surface area (Å²) in [7, 11) is 2.01. The molecule has 4 heteroatoms. The molecule has 0 fully saturated rings. The van der Waals surface area contributed by atoms with E-state index in [1.807, 2.05) is 26.2 Å². The van der Waals surface area contributed by atoms with Crippen molar-refractivity contribution in [2.75, 3.05) is 12.8 Å². The third-order valence-electron chi connectivity index (χ3n) is 2.23. The molecule has 0 radical (unpaired) electrons. The largest absolute Gasteiger partial charge is 0.316 e. The molecule has 0 spiro atoms. The number of hydrogen-bond acceptors (Lipinski definition) is 4. The minimum atomic E-state index is 0.559. The topological polar surface area (TPSA) is 37.8 Å². The van der Waals surface area contributed by atoms with E-state index in [9.17, 15) is 0 Å². The maximum atomic E-state index is 4.36. The highest BCUT2D eigenvalue weighted by Gasteiger charge is 2.06. The fraction of sp³-hybridized carbons (Fsp3) is 0.636. The van der Waals surface area contributed by atoms with Gasteiger partial charge in [0.2, 0.25) is 0 Å². The van der Waals surface area contributed by atoms with Gasteiger partial charge in [0.15, 0.2) is 5.16 Å². The summed E-state index contributed by atoms with van der Waals surface area (Å²) in [6, 6.07) is 2.48. The molecule has 1 aromatic rings. The first-order valence-electron chi connectivity index (χ1n) is 5.36. The number of aromatic nitrogens is 2. The van der Waals surface area contributed by atoms with Gasteiger partial charge in [-0.05, 0) is 26.5 Å². The molecule has 0 aromatic carbocycles. The van der Waals surface area contributed by atoms with Crippen LogP contribution in [0, 0.1) is 6.92 Å². The molecule has 84 valence electrons. The van der Waals surface area contributed by atoms with Crippen molar-refractivity contribution in [3.05, 3.63) is 18.0 Å². The summed E-state index contributed by atoms with van der Waals surface area (Å²) in [5.74, 6) is 1.04. The van der Waals surface area contributed by atoms with E-state index in [1.165, 1.54) is 12.8 Å². The second-order valence-corrected chi connectivity index (χ2v) is 4.55. The average molecular weight is 225 g/mol. The first-order valence-corrected chi connectivity index (χ1v) is 6.34. The highest BCUT2D eigenvalue weighted by atomic mass is 32.2. The van der Waals surface area contributed by atoms with Crippen molar-refractivity contribution in [1.29, 1.82) is 0 Å². The maximum absolute atomic E-state index is 4.36. The second kappa shape index (κ2) is 6.80. The third-order valence-corrected chi connectivity index (χ3v) is 3.26. The van der Waals surface area contributed by atoms with Crippen molar-refractivity contribution in [2.45, 2.75) is 37.9 Å². The molecule has 1 aromatic heterocycles. The molecular formula is C11H19N3S. The van der Waals surface area contributed by atoms with Crippen molar-refractivity contribution >= 4 is 11.8 Å². The van der Waals surface area contributed by atoms with Gasteiger partial charge in [-0.25, -0.2) is 9.97 Å². The van der Waals surface area contributed by atoms with E-state index in [0.29, 0.717) is 6.04 Å². The highest BCUT2D eigenvalue weighted by molar-refractivity contribution is 7.99. The van der Waals surface area contributed by atoms with Gasteiger partial charge in [0, 0.05) is 23.7 Å². The molecule has 1 heterocycles. The summed E-state index contributed by atoms with van der Waals surface area (Å²) in [4.78, 5) is 8.59. The van der Waals surface area contributed by atoms with Gasteiger partial charge < -0.3 is 5.32 Å². The SMILES string of the molecule is CCCC(CSc1nccc(C)n1)NC. The van der Waals surface area contributed by atoms with E-state index in [-0.39, 0.29) is 0 Å². The van der Waals surface area contributed by atoms with E-state index in [0.717, 1.165) is 16.6 Å². The molecule has 0 saturated heterocycles. The lowest BCUT2D eigenvalue weighted by atomic mass is 10.2. The molecule has 0 amide bonds. The Balaban J connectivity index is 2.41. The zero-order valence-electron chi connectivity index (χ0n) is 9.66. The van der Waals surface area contributed by atoms with Gasteiger partial charge in [0.1, 0.15) is 0 Å². The fourth-order valence-corrected chi connectivity index (χ4v) is 2.36. The van der Waals surface area contributed by atoms with Gasteiger partial charge in [-0.1, -0.05) is 25.1 Å². The number of nitrogens with one attached hydrogen (secondary N) is 1. The Kier molecular flexibility index (Phi) is 5.65. The summed E-state index contributed by atoms with van der Waals surface area (Å²) in [6.45, 7) is 4.20. The predicted molar refractivity (Wildman–Crippen MR) is 65.2 cm³/mol. The van der Waals surface area contributed by atoms with Crippen molar-refractivity contribution < 1.29 is 0 Å². The Bertz CT molecular complexity index is 291. The molecule has 1 unspecified atom stereocenters. The predicted octanol–water partition coefficient (Wildman–Crippen LogP) is 2.27. The lowest BCUT2D eigenvalue weighted by molar-refractivity contribution is 0.564. The maximum Gasteiger partial charge on any atom is 0.187 e. The molecule has 0 aliphatic rings. The quantitative estimate of drug-likeness (QED) is 0.595. The molecular weight excluding hydrogens is 206 g/mol. The molecule has 1 N–H and O–H groups in total. The molecule has 3 nitrogen and oxygen atoms in total. The van der Waals surface area contributed by atoms with Gasteiger partial charge >= 0.3 is 0 Å². The number of thioether (sulfide) groups is 1. The van der Waals surface area contributed by atoms with Crippen LogP contribution in [0.1, 0.15) is 25.5 Å². The minimum Gasteiger partial charge on any atom is -0.316 e. The van der Waals surface area contributed by atoms with E-state index in [1.54, 1.807) is 11.8 Å². The summed E-state index contributed by atoms with van der Waals surface area (Å²) < 4.78 is 0. The van der Waals surface area contributed by atoms with Crippen LogP contribution >= 0.6 is 11.8 Å². The lowest BCUT2D eigenvalue weighted by Gasteiger charge is -2.13. The fourth-order valence-electron chi connectivity index (χ4n) is 1.33. The second-order valence-electron chi connectivity index (χ2n) is 3.57. The van der Waals surface area contributed by atoms with Crippen LogP contribution in [-0.4, -0.2) is 28.8 Å². The van der Waals surface area contributed by atoms with Crippen LogP contribution in [0.4, 0.5) is 0 Å². The number of nitrogens with zero attached hydrogens (tertiary/aromatic N) is 2. The first-order chi connectivity index (χ1) is 7.26. The monoisotopic (exact) mass is 225 g/mol. The van der Waals surface area contributed by atoms with Gasteiger partial charge in [0.05, 0.1) is 0 Å². The zero-order valence-corrected chi connectivity index (χ0v) is 10.5.